The minimum Gasteiger partial charge on any atom is -0.384 e. The third-order valence-corrected chi connectivity index (χ3v) is 4.46. The number of pyridine rings is 1. The number of aromatic nitrogens is 3. The zero-order valence-electron chi connectivity index (χ0n) is 12.4. The van der Waals surface area contributed by atoms with Crippen LogP contribution in [0.4, 0.5) is 11.6 Å². The first-order valence-electron chi connectivity index (χ1n) is 6.83. The predicted molar refractivity (Wildman–Crippen MR) is 88.6 cm³/mol. The van der Waals surface area contributed by atoms with Crippen LogP contribution in [-0.4, -0.2) is 29.6 Å². The number of sulfone groups is 1. The minimum absolute atomic E-state index is 0.299. The first kappa shape index (κ1) is 15.2. The molecule has 0 radical (unpaired) electrons. The predicted octanol–water partition coefficient (Wildman–Crippen LogP) is 1.62. The molecule has 7 nitrogen and oxygen atoms in total. The first-order chi connectivity index (χ1) is 10.9. The van der Waals surface area contributed by atoms with Gasteiger partial charge in [-0.2, -0.15) is 0 Å². The number of nitrogens with two attached hydrogens (primary N) is 1. The molecule has 0 aliphatic carbocycles. The van der Waals surface area contributed by atoms with Crippen LogP contribution in [0.5, 0.6) is 0 Å². The van der Waals surface area contributed by atoms with E-state index in [1.165, 1.54) is 12.6 Å². The molecule has 0 saturated carbocycles. The summed E-state index contributed by atoms with van der Waals surface area (Å²) < 4.78 is 22.9. The highest BCUT2D eigenvalue weighted by molar-refractivity contribution is 7.90. The second-order valence-electron chi connectivity index (χ2n) is 5.10. The fourth-order valence-electron chi connectivity index (χ4n) is 2.14. The van der Waals surface area contributed by atoms with E-state index in [1.807, 2.05) is 6.07 Å². The second kappa shape index (κ2) is 5.81. The molecule has 0 fully saturated rings. The lowest BCUT2D eigenvalue weighted by Crippen LogP contribution is -2.04. The van der Waals surface area contributed by atoms with Gasteiger partial charge in [-0.3, -0.25) is 0 Å². The fourth-order valence-corrected chi connectivity index (χ4v) is 2.77. The summed E-state index contributed by atoms with van der Waals surface area (Å²) in [5.41, 5.74) is 7.11. The fraction of sp³-hybridized carbons (Fsp3) is 0.133. The Hall–Kier alpha value is -2.74. The molecular formula is C15H15N5O2S. The van der Waals surface area contributed by atoms with Crippen molar-refractivity contribution < 1.29 is 8.42 Å². The molecule has 2 aromatic heterocycles. The van der Waals surface area contributed by atoms with Gasteiger partial charge in [-0.15, -0.1) is 0 Å². The lowest BCUT2D eigenvalue weighted by molar-refractivity contribution is 0.602. The van der Waals surface area contributed by atoms with Crippen LogP contribution in [0.2, 0.25) is 0 Å². The molecule has 0 saturated heterocycles. The highest BCUT2D eigenvalue weighted by Crippen LogP contribution is 2.19. The monoisotopic (exact) mass is 329 g/mol. The lowest BCUT2D eigenvalue weighted by atomic mass is 10.2. The van der Waals surface area contributed by atoms with Gasteiger partial charge in [0, 0.05) is 12.8 Å². The topological polar surface area (TPSA) is 111 Å². The minimum atomic E-state index is -3.18. The summed E-state index contributed by atoms with van der Waals surface area (Å²) in [6.07, 6.45) is 2.61. The first-order valence-corrected chi connectivity index (χ1v) is 8.73. The highest BCUT2D eigenvalue weighted by atomic mass is 32.2. The van der Waals surface area contributed by atoms with Crippen LogP contribution >= 0.6 is 0 Å². The van der Waals surface area contributed by atoms with Crippen LogP contribution in [0.25, 0.3) is 11.0 Å². The number of nitrogen functional groups attached to an aromatic ring is 1. The zero-order valence-corrected chi connectivity index (χ0v) is 13.2. The molecule has 118 valence electrons. The van der Waals surface area contributed by atoms with Crippen molar-refractivity contribution in [3.63, 3.8) is 0 Å². The number of fused-ring (bicyclic) bond motifs is 1. The van der Waals surface area contributed by atoms with Crippen LogP contribution in [-0.2, 0) is 16.4 Å². The Balaban J connectivity index is 1.81. The van der Waals surface area contributed by atoms with Gasteiger partial charge in [0.1, 0.15) is 18.0 Å². The van der Waals surface area contributed by atoms with Gasteiger partial charge in [0.25, 0.3) is 0 Å². The Morgan fingerprint density at radius 2 is 1.83 bits per heavy atom. The Labute approximate surface area is 133 Å². The average Bonchev–Trinajstić information content (AvgIpc) is 2.52. The number of anilines is 2. The van der Waals surface area contributed by atoms with E-state index in [1.54, 1.807) is 30.3 Å². The molecular weight excluding hydrogens is 314 g/mol. The number of nitrogens with zero attached hydrogens (tertiary/aromatic N) is 3. The summed E-state index contributed by atoms with van der Waals surface area (Å²) in [4.78, 5) is 12.7. The standard InChI is InChI=1S/C15H15N5O2S/c1-23(21,22)11-4-2-10(3-5-11)8-17-14-12-6-7-13(16)20-15(12)19-9-18-14/h2-7,9H,8H2,1H3,(H3,16,17,18,19,20). The van der Waals surface area contributed by atoms with E-state index >= 15 is 0 Å². The van der Waals surface area contributed by atoms with Crippen LogP contribution in [0.3, 0.4) is 0 Å². The molecule has 0 amide bonds. The van der Waals surface area contributed by atoms with Crippen LogP contribution < -0.4 is 11.1 Å². The van der Waals surface area contributed by atoms with Crippen LogP contribution in [0.15, 0.2) is 47.6 Å². The largest absolute Gasteiger partial charge is 0.384 e. The van der Waals surface area contributed by atoms with Crippen molar-refractivity contribution in [2.24, 2.45) is 0 Å². The van der Waals surface area contributed by atoms with Gasteiger partial charge >= 0.3 is 0 Å². The number of nitrogens with one attached hydrogen (secondary N) is 1. The maximum Gasteiger partial charge on any atom is 0.175 e. The number of benzene rings is 1. The molecule has 0 aliphatic heterocycles. The molecule has 0 spiro atoms. The van der Waals surface area contributed by atoms with Gasteiger partial charge in [0.15, 0.2) is 15.5 Å². The van der Waals surface area contributed by atoms with Crippen LogP contribution in [0, 0.1) is 0 Å². The Kier molecular flexibility index (Phi) is 3.83. The summed E-state index contributed by atoms with van der Waals surface area (Å²) in [5.74, 6) is 1.05. The molecule has 3 rings (SSSR count). The molecule has 0 atom stereocenters. The maximum atomic E-state index is 11.4. The van der Waals surface area contributed by atoms with E-state index in [4.69, 9.17) is 5.73 Å². The van der Waals surface area contributed by atoms with Gasteiger partial charge in [-0.05, 0) is 29.8 Å². The molecule has 1 aromatic carbocycles. The summed E-state index contributed by atoms with van der Waals surface area (Å²) in [6.45, 7) is 0.501. The maximum absolute atomic E-state index is 11.4. The molecule has 0 unspecified atom stereocenters. The smallest absolute Gasteiger partial charge is 0.175 e. The van der Waals surface area contributed by atoms with E-state index < -0.39 is 9.84 Å². The average molecular weight is 329 g/mol. The number of hydrogen-bond acceptors (Lipinski definition) is 7. The molecule has 2 heterocycles. The Bertz CT molecular complexity index is 955. The SMILES string of the molecule is CS(=O)(=O)c1ccc(CNc2ncnc3nc(N)ccc23)cc1. The summed E-state index contributed by atoms with van der Waals surface area (Å²) in [5, 5.41) is 3.97. The van der Waals surface area contributed by atoms with Gasteiger partial charge < -0.3 is 11.1 Å². The van der Waals surface area contributed by atoms with E-state index in [0.29, 0.717) is 28.7 Å². The number of hydrogen-bond donors (Lipinski definition) is 2. The Morgan fingerprint density at radius 3 is 2.52 bits per heavy atom. The van der Waals surface area contributed by atoms with Crippen molar-refractivity contribution in [1.82, 2.24) is 15.0 Å². The molecule has 3 N–H and O–H groups in total. The van der Waals surface area contributed by atoms with Crippen molar-refractivity contribution in [3.05, 3.63) is 48.3 Å². The van der Waals surface area contributed by atoms with Crippen LogP contribution in [0.1, 0.15) is 5.56 Å². The van der Waals surface area contributed by atoms with Gasteiger partial charge in [-0.25, -0.2) is 23.4 Å². The normalized spacial score (nSPS) is 11.5. The highest BCUT2D eigenvalue weighted by Gasteiger charge is 2.07. The van der Waals surface area contributed by atoms with Crippen molar-refractivity contribution in [2.45, 2.75) is 11.4 Å². The lowest BCUT2D eigenvalue weighted by Gasteiger charge is -2.08. The van der Waals surface area contributed by atoms with E-state index in [-0.39, 0.29) is 0 Å². The van der Waals surface area contributed by atoms with Crippen molar-refractivity contribution in [1.29, 1.82) is 0 Å². The third-order valence-electron chi connectivity index (χ3n) is 3.33. The van der Waals surface area contributed by atoms with Crippen molar-refractivity contribution >= 4 is 32.5 Å². The molecule has 8 heteroatoms. The van der Waals surface area contributed by atoms with Gasteiger partial charge in [0.2, 0.25) is 0 Å². The molecule has 3 aromatic rings. The summed E-state index contributed by atoms with van der Waals surface area (Å²) >= 11 is 0. The van der Waals surface area contributed by atoms with E-state index in [2.05, 4.69) is 20.3 Å². The zero-order chi connectivity index (χ0) is 16.4. The summed E-state index contributed by atoms with van der Waals surface area (Å²) in [6, 6.07) is 10.2. The molecule has 0 bridgehead atoms. The molecule has 0 aliphatic rings. The quantitative estimate of drug-likeness (QED) is 0.748. The van der Waals surface area contributed by atoms with Crippen molar-refractivity contribution in [3.8, 4) is 0 Å². The van der Waals surface area contributed by atoms with E-state index in [9.17, 15) is 8.42 Å². The van der Waals surface area contributed by atoms with Crippen molar-refractivity contribution in [2.75, 3.05) is 17.3 Å². The second-order valence-corrected chi connectivity index (χ2v) is 7.11. The van der Waals surface area contributed by atoms with Gasteiger partial charge in [-0.1, -0.05) is 12.1 Å². The Morgan fingerprint density at radius 1 is 1.09 bits per heavy atom. The molecule has 23 heavy (non-hydrogen) atoms. The van der Waals surface area contributed by atoms with E-state index in [0.717, 1.165) is 10.9 Å². The number of rotatable bonds is 4. The summed E-state index contributed by atoms with van der Waals surface area (Å²) in [7, 11) is -3.18. The third kappa shape index (κ3) is 3.37. The van der Waals surface area contributed by atoms with Gasteiger partial charge in [0.05, 0.1) is 10.3 Å².